The van der Waals surface area contributed by atoms with Crippen LogP contribution in [0.4, 0.5) is 0 Å². The Morgan fingerprint density at radius 2 is 2.16 bits per heavy atom. The largest absolute Gasteiger partial charge is 0.393 e. The van der Waals surface area contributed by atoms with Gasteiger partial charge < -0.3 is 11.1 Å². The minimum atomic E-state index is -0.200. The number of carbonyl (C=O) groups is 1. The molecule has 0 aliphatic heterocycles. The van der Waals surface area contributed by atoms with Crippen molar-refractivity contribution >= 4 is 34.1 Å². The number of para-hydroxylation sites is 1. The summed E-state index contributed by atoms with van der Waals surface area (Å²) in [7, 11) is 0. The van der Waals surface area contributed by atoms with Gasteiger partial charge >= 0.3 is 0 Å². The molecular weight excluding hydrogens is 260 g/mol. The highest BCUT2D eigenvalue weighted by Gasteiger charge is 2.13. The predicted molar refractivity (Wildman–Crippen MR) is 77.8 cm³/mol. The lowest BCUT2D eigenvalue weighted by molar-refractivity contribution is 0.0953. The zero-order chi connectivity index (χ0) is 13.8. The second kappa shape index (κ2) is 5.71. The number of nitrogens with zero attached hydrogens (tertiary/aromatic N) is 2. The average molecular weight is 274 g/mol. The van der Waals surface area contributed by atoms with E-state index in [4.69, 9.17) is 18.0 Å². The lowest BCUT2D eigenvalue weighted by Gasteiger charge is -2.11. The third-order valence-electron chi connectivity index (χ3n) is 2.80. The molecule has 0 aliphatic carbocycles. The van der Waals surface area contributed by atoms with E-state index in [9.17, 15) is 4.79 Å². The van der Waals surface area contributed by atoms with Crippen molar-refractivity contribution in [3.05, 3.63) is 36.2 Å². The normalized spacial score (nSPS) is 12.1. The van der Waals surface area contributed by atoms with Crippen LogP contribution in [0.2, 0.25) is 0 Å². The SMILES string of the molecule is CC(CNC(=O)c1cccc2nccnc12)C(N)=S. The monoisotopic (exact) mass is 274 g/mol. The van der Waals surface area contributed by atoms with E-state index in [-0.39, 0.29) is 11.8 Å². The van der Waals surface area contributed by atoms with Crippen molar-refractivity contribution in [1.29, 1.82) is 0 Å². The molecule has 6 heteroatoms. The van der Waals surface area contributed by atoms with Gasteiger partial charge in [0.15, 0.2) is 0 Å². The topological polar surface area (TPSA) is 80.9 Å². The van der Waals surface area contributed by atoms with E-state index < -0.39 is 0 Å². The molecule has 0 fully saturated rings. The van der Waals surface area contributed by atoms with Crippen LogP contribution in [0.5, 0.6) is 0 Å². The summed E-state index contributed by atoms with van der Waals surface area (Å²) in [5, 5.41) is 2.80. The van der Waals surface area contributed by atoms with Gasteiger partial charge in [-0.1, -0.05) is 25.2 Å². The van der Waals surface area contributed by atoms with E-state index in [1.165, 1.54) is 0 Å². The van der Waals surface area contributed by atoms with Crippen LogP contribution in [0.15, 0.2) is 30.6 Å². The van der Waals surface area contributed by atoms with Crippen LogP contribution >= 0.6 is 12.2 Å². The van der Waals surface area contributed by atoms with Gasteiger partial charge in [0, 0.05) is 24.9 Å². The molecule has 1 aromatic heterocycles. The first kappa shape index (κ1) is 13.4. The van der Waals surface area contributed by atoms with Gasteiger partial charge in [-0.3, -0.25) is 14.8 Å². The summed E-state index contributed by atoms with van der Waals surface area (Å²) in [6.45, 7) is 2.27. The standard InChI is InChI=1S/C13H14N4OS/c1-8(12(14)19)7-17-13(18)9-3-2-4-10-11(9)16-6-5-15-10/h2-6,8H,7H2,1H3,(H2,14,19)(H,17,18). The van der Waals surface area contributed by atoms with E-state index in [1.54, 1.807) is 24.5 Å². The van der Waals surface area contributed by atoms with Crippen molar-refractivity contribution in [2.45, 2.75) is 6.92 Å². The smallest absolute Gasteiger partial charge is 0.253 e. The molecule has 5 nitrogen and oxygen atoms in total. The van der Waals surface area contributed by atoms with Gasteiger partial charge in [-0.25, -0.2) is 0 Å². The Kier molecular flexibility index (Phi) is 4.01. The zero-order valence-electron chi connectivity index (χ0n) is 10.5. The highest BCUT2D eigenvalue weighted by molar-refractivity contribution is 7.80. The molecule has 1 heterocycles. The zero-order valence-corrected chi connectivity index (χ0v) is 11.3. The number of amides is 1. The van der Waals surface area contributed by atoms with Gasteiger partial charge in [-0.15, -0.1) is 0 Å². The molecule has 1 atom stereocenters. The number of nitrogens with two attached hydrogens (primary N) is 1. The highest BCUT2D eigenvalue weighted by atomic mass is 32.1. The third kappa shape index (κ3) is 3.03. The van der Waals surface area contributed by atoms with Crippen molar-refractivity contribution < 1.29 is 4.79 Å². The quantitative estimate of drug-likeness (QED) is 0.821. The summed E-state index contributed by atoms with van der Waals surface area (Å²) < 4.78 is 0. The number of thiocarbonyl (C=S) groups is 1. The molecule has 1 amide bonds. The van der Waals surface area contributed by atoms with Crippen LogP contribution in [-0.4, -0.2) is 27.4 Å². The lowest BCUT2D eigenvalue weighted by Crippen LogP contribution is -2.33. The molecule has 2 aromatic rings. The molecule has 98 valence electrons. The van der Waals surface area contributed by atoms with E-state index in [2.05, 4.69) is 15.3 Å². The third-order valence-corrected chi connectivity index (χ3v) is 3.20. The molecule has 3 N–H and O–H groups in total. The Morgan fingerprint density at radius 3 is 2.89 bits per heavy atom. The number of hydrogen-bond donors (Lipinski definition) is 2. The Labute approximate surface area is 116 Å². The number of aromatic nitrogens is 2. The second-order valence-electron chi connectivity index (χ2n) is 4.24. The van der Waals surface area contributed by atoms with E-state index in [0.29, 0.717) is 28.1 Å². The van der Waals surface area contributed by atoms with Crippen LogP contribution in [-0.2, 0) is 0 Å². The molecule has 0 saturated carbocycles. The molecule has 0 radical (unpaired) electrons. The molecule has 0 aliphatic rings. The van der Waals surface area contributed by atoms with Crippen molar-refractivity contribution in [2.75, 3.05) is 6.54 Å². The van der Waals surface area contributed by atoms with Gasteiger partial charge in [-0.05, 0) is 12.1 Å². The molecule has 0 spiro atoms. The molecule has 19 heavy (non-hydrogen) atoms. The van der Waals surface area contributed by atoms with Gasteiger partial charge in [-0.2, -0.15) is 0 Å². The van der Waals surface area contributed by atoms with Crippen molar-refractivity contribution in [3.8, 4) is 0 Å². The fourth-order valence-electron chi connectivity index (χ4n) is 1.62. The molecule has 0 saturated heterocycles. The summed E-state index contributed by atoms with van der Waals surface area (Å²) in [6, 6.07) is 5.32. The fraction of sp³-hybridized carbons (Fsp3) is 0.231. The van der Waals surface area contributed by atoms with Gasteiger partial charge in [0.1, 0.15) is 5.52 Å². The summed E-state index contributed by atoms with van der Waals surface area (Å²) in [6.07, 6.45) is 3.16. The number of rotatable bonds is 4. The van der Waals surface area contributed by atoms with E-state index in [1.807, 2.05) is 13.0 Å². The Bertz CT molecular complexity index is 624. The van der Waals surface area contributed by atoms with Crippen LogP contribution < -0.4 is 11.1 Å². The van der Waals surface area contributed by atoms with Crippen molar-refractivity contribution in [1.82, 2.24) is 15.3 Å². The summed E-state index contributed by atoms with van der Waals surface area (Å²) in [4.78, 5) is 20.9. The second-order valence-corrected chi connectivity index (χ2v) is 4.71. The number of hydrogen-bond acceptors (Lipinski definition) is 4. The Hall–Kier alpha value is -2.08. The number of nitrogens with one attached hydrogen (secondary N) is 1. The first-order chi connectivity index (χ1) is 9.09. The van der Waals surface area contributed by atoms with E-state index >= 15 is 0 Å². The minimum absolute atomic E-state index is 0.0417. The summed E-state index contributed by atoms with van der Waals surface area (Å²) >= 11 is 4.87. The molecule has 1 unspecified atom stereocenters. The summed E-state index contributed by atoms with van der Waals surface area (Å²) in [5.41, 5.74) is 7.29. The van der Waals surface area contributed by atoms with Crippen LogP contribution in [0.3, 0.4) is 0 Å². The number of fused-ring (bicyclic) bond motifs is 1. The van der Waals surface area contributed by atoms with Crippen LogP contribution in [0.1, 0.15) is 17.3 Å². The van der Waals surface area contributed by atoms with Gasteiger partial charge in [0.25, 0.3) is 5.91 Å². The maximum absolute atomic E-state index is 12.1. The average Bonchev–Trinajstić information content (AvgIpc) is 2.43. The number of carbonyl (C=O) groups excluding carboxylic acids is 1. The maximum Gasteiger partial charge on any atom is 0.253 e. The Morgan fingerprint density at radius 1 is 1.42 bits per heavy atom. The minimum Gasteiger partial charge on any atom is -0.393 e. The van der Waals surface area contributed by atoms with Gasteiger partial charge in [0.05, 0.1) is 16.1 Å². The first-order valence-corrected chi connectivity index (χ1v) is 6.27. The fourth-order valence-corrected chi connectivity index (χ4v) is 1.70. The van der Waals surface area contributed by atoms with Crippen LogP contribution in [0, 0.1) is 5.92 Å². The first-order valence-electron chi connectivity index (χ1n) is 5.87. The number of benzene rings is 1. The summed E-state index contributed by atoms with van der Waals surface area (Å²) in [5.74, 6) is -0.241. The molecular formula is C13H14N4OS. The maximum atomic E-state index is 12.1. The lowest BCUT2D eigenvalue weighted by atomic mass is 10.1. The highest BCUT2D eigenvalue weighted by Crippen LogP contribution is 2.13. The van der Waals surface area contributed by atoms with E-state index in [0.717, 1.165) is 0 Å². The molecule has 0 bridgehead atoms. The van der Waals surface area contributed by atoms with Gasteiger partial charge in [0.2, 0.25) is 0 Å². The van der Waals surface area contributed by atoms with Crippen molar-refractivity contribution in [2.24, 2.45) is 11.7 Å². The molecule has 1 aromatic carbocycles. The van der Waals surface area contributed by atoms with Crippen molar-refractivity contribution in [3.63, 3.8) is 0 Å². The predicted octanol–water partition coefficient (Wildman–Crippen LogP) is 1.28. The van der Waals surface area contributed by atoms with Crippen LogP contribution in [0.25, 0.3) is 11.0 Å². The Balaban J connectivity index is 2.20. The molecule has 2 rings (SSSR count).